The number of imide groups is 1. The first-order valence-corrected chi connectivity index (χ1v) is 11.6. The molecule has 2 aromatic carbocycles. The molecule has 0 spiro atoms. The number of amides is 3. The number of hydrogen-bond donors (Lipinski definition) is 0. The molecule has 0 radical (unpaired) electrons. The number of hydrogen-bond acceptors (Lipinski definition) is 5. The van der Waals surface area contributed by atoms with Crippen LogP contribution in [-0.4, -0.2) is 48.3 Å². The van der Waals surface area contributed by atoms with E-state index >= 15 is 0 Å². The van der Waals surface area contributed by atoms with Gasteiger partial charge in [0.15, 0.2) is 0 Å². The summed E-state index contributed by atoms with van der Waals surface area (Å²) in [7, 11) is 0. The maximum Gasteiger partial charge on any atom is 0.309 e. The largest absolute Gasteiger partial charge is 0.464 e. The van der Waals surface area contributed by atoms with Crippen molar-refractivity contribution in [2.45, 2.75) is 32.1 Å². The van der Waals surface area contributed by atoms with Crippen LogP contribution in [0.3, 0.4) is 0 Å². The Morgan fingerprint density at radius 3 is 2.24 bits per heavy atom. The molecule has 170 valence electrons. The van der Waals surface area contributed by atoms with Crippen LogP contribution >= 0.6 is 0 Å². The molecule has 2 aliphatic heterocycles. The summed E-state index contributed by atoms with van der Waals surface area (Å²) >= 11 is 0. The van der Waals surface area contributed by atoms with Crippen molar-refractivity contribution in [1.29, 1.82) is 0 Å². The van der Waals surface area contributed by atoms with Crippen molar-refractivity contribution in [3.8, 4) is 0 Å². The monoisotopic (exact) mass is 446 g/mol. The van der Waals surface area contributed by atoms with Crippen LogP contribution in [0.5, 0.6) is 0 Å². The lowest BCUT2D eigenvalue weighted by Gasteiger charge is -2.32. The molecule has 0 N–H and O–H groups in total. The molecule has 2 unspecified atom stereocenters. The molecule has 7 nitrogen and oxygen atoms in total. The van der Waals surface area contributed by atoms with Crippen LogP contribution in [0.4, 0.5) is 5.69 Å². The Kier molecular flexibility index (Phi) is 5.70. The Bertz CT molecular complexity index is 1090. The number of ether oxygens (including phenoxy) is 1. The molecule has 3 aliphatic rings. The standard InChI is InChI=1S/C26H26N2O5/c29-23(27-14-13-17-7-1-6-12-22(17)27)20-10-4-5-11-21(20)26(32)33-16-15-28-24(30)18-8-2-3-9-19(18)25(28)31/h1-3,6-9,12,20-21H,4-5,10-11,13-16H2. The van der Waals surface area contributed by atoms with Crippen LogP contribution < -0.4 is 4.90 Å². The number of esters is 1. The van der Waals surface area contributed by atoms with Crippen LogP contribution in [0, 0.1) is 11.8 Å². The van der Waals surface area contributed by atoms with Gasteiger partial charge in [-0.05, 0) is 43.0 Å². The van der Waals surface area contributed by atoms with E-state index in [1.54, 1.807) is 24.3 Å². The van der Waals surface area contributed by atoms with Gasteiger partial charge in [-0.2, -0.15) is 0 Å². The van der Waals surface area contributed by atoms with Crippen LogP contribution in [0.15, 0.2) is 48.5 Å². The van der Waals surface area contributed by atoms with E-state index < -0.39 is 17.8 Å². The number of anilines is 1. The Morgan fingerprint density at radius 2 is 1.52 bits per heavy atom. The number of fused-ring (bicyclic) bond motifs is 2. The predicted molar refractivity (Wildman–Crippen MR) is 121 cm³/mol. The predicted octanol–water partition coefficient (Wildman–Crippen LogP) is 3.22. The van der Waals surface area contributed by atoms with Gasteiger partial charge in [-0.25, -0.2) is 0 Å². The van der Waals surface area contributed by atoms with E-state index in [4.69, 9.17) is 4.74 Å². The summed E-state index contributed by atoms with van der Waals surface area (Å²) in [6.07, 6.45) is 3.88. The van der Waals surface area contributed by atoms with E-state index in [9.17, 15) is 19.2 Å². The van der Waals surface area contributed by atoms with Gasteiger partial charge in [-0.15, -0.1) is 0 Å². The molecular formula is C26H26N2O5. The van der Waals surface area contributed by atoms with E-state index in [0.717, 1.165) is 35.4 Å². The van der Waals surface area contributed by atoms with Gasteiger partial charge in [0.05, 0.1) is 29.5 Å². The van der Waals surface area contributed by atoms with E-state index in [2.05, 4.69) is 0 Å². The van der Waals surface area contributed by atoms with Crippen molar-refractivity contribution >= 4 is 29.4 Å². The number of carbonyl (C=O) groups is 4. The molecule has 0 saturated heterocycles. The fourth-order valence-corrected chi connectivity index (χ4v) is 5.26. The highest BCUT2D eigenvalue weighted by molar-refractivity contribution is 6.21. The Hall–Kier alpha value is -3.48. The molecular weight excluding hydrogens is 420 g/mol. The lowest BCUT2D eigenvalue weighted by molar-refractivity contribution is -0.154. The van der Waals surface area contributed by atoms with Gasteiger partial charge in [0.25, 0.3) is 11.8 Å². The quantitative estimate of drug-likeness (QED) is 0.520. The van der Waals surface area contributed by atoms with Gasteiger partial charge >= 0.3 is 5.97 Å². The van der Waals surface area contributed by atoms with Crippen molar-refractivity contribution in [3.63, 3.8) is 0 Å². The highest BCUT2D eigenvalue weighted by Gasteiger charge is 2.41. The third-order valence-electron chi connectivity index (χ3n) is 6.98. The van der Waals surface area contributed by atoms with Crippen molar-refractivity contribution < 1.29 is 23.9 Å². The maximum absolute atomic E-state index is 13.4. The normalized spacial score (nSPS) is 21.7. The highest BCUT2D eigenvalue weighted by Crippen LogP contribution is 2.36. The van der Waals surface area contributed by atoms with Gasteiger partial charge in [0, 0.05) is 12.2 Å². The first kappa shape index (κ1) is 21.4. The van der Waals surface area contributed by atoms with Crippen molar-refractivity contribution in [1.82, 2.24) is 4.90 Å². The van der Waals surface area contributed by atoms with Gasteiger partial charge in [0.1, 0.15) is 6.61 Å². The molecule has 1 fully saturated rings. The molecule has 2 heterocycles. The molecule has 0 bridgehead atoms. The van der Waals surface area contributed by atoms with Gasteiger partial charge in [-0.1, -0.05) is 43.2 Å². The fourth-order valence-electron chi connectivity index (χ4n) is 5.26. The zero-order valence-corrected chi connectivity index (χ0v) is 18.4. The van der Waals surface area contributed by atoms with Crippen LogP contribution in [0.1, 0.15) is 52.0 Å². The van der Waals surface area contributed by atoms with E-state index in [1.165, 1.54) is 0 Å². The average Bonchev–Trinajstić information content (AvgIpc) is 3.39. The molecule has 3 amide bonds. The fraction of sp³-hybridized carbons (Fsp3) is 0.385. The summed E-state index contributed by atoms with van der Waals surface area (Å²) in [5, 5.41) is 0. The Balaban J connectivity index is 1.21. The topological polar surface area (TPSA) is 84.0 Å². The van der Waals surface area contributed by atoms with Crippen LogP contribution in [0.2, 0.25) is 0 Å². The minimum atomic E-state index is -0.499. The minimum Gasteiger partial charge on any atom is -0.464 e. The number of rotatable bonds is 5. The van der Waals surface area contributed by atoms with Crippen molar-refractivity contribution in [2.75, 3.05) is 24.6 Å². The lowest BCUT2D eigenvalue weighted by Crippen LogP contribution is -2.43. The number of carbonyl (C=O) groups excluding carboxylic acids is 4. The molecule has 2 aromatic rings. The van der Waals surface area contributed by atoms with E-state index in [-0.39, 0.29) is 30.9 Å². The zero-order valence-electron chi connectivity index (χ0n) is 18.4. The van der Waals surface area contributed by atoms with E-state index in [1.807, 2.05) is 29.2 Å². The second-order valence-corrected chi connectivity index (χ2v) is 8.84. The first-order chi connectivity index (χ1) is 16.1. The Labute approximate surface area is 192 Å². The molecule has 1 aliphatic carbocycles. The number of benzene rings is 2. The van der Waals surface area contributed by atoms with E-state index in [0.29, 0.717) is 30.5 Å². The molecule has 33 heavy (non-hydrogen) atoms. The number of para-hydroxylation sites is 1. The summed E-state index contributed by atoms with van der Waals surface area (Å²) in [6, 6.07) is 14.6. The molecule has 7 heteroatoms. The highest BCUT2D eigenvalue weighted by atomic mass is 16.5. The van der Waals surface area contributed by atoms with Crippen molar-refractivity contribution in [3.05, 3.63) is 65.2 Å². The van der Waals surface area contributed by atoms with Gasteiger partial charge in [0.2, 0.25) is 5.91 Å². The molecule has 5 rings (SSSR count). The van der Waals surface area contributed by atoms with Crippen molar-refractivity contribution in [2.24, 2.45) is 11.8 Å². The summed E-state index contributed by atoms with van der Waals surface area (Å²) in [5.74, 6) is -2.08. The molecule has 2 atom stereocenters. The Morgan fingerprint density at radius 1 is 0.879 bits per heavy atom. The summed E-state index contributed by atoms with van der Waals surface area (Å²) in [6.45, 7) is 0.563. The zero-order chi connectivity index (χ0) is 22.9. The average molecular weight is 447 g/mol. The maximum atomic E-state index is 13.4. The second-order valence-electron chi connectivity index (χ2n) is 8.84. The third-order valence-corrected chi connectivity index (χ3v) is 6.98. The van der Waals surface area contributed by atoms with Gasteiger partial charge < -0.3 is 9.64 Å². The second kappa shape index (κ2) is 8.81. The number of nitrogens with zero attached hydrogens (tertiary/aromatic N) is 2. The molecule has 1 saturated carbocycles. The SMILES string of the molecule is O=C(OCCN1C(=O)c2ccccc2C1=O)C1CCCCC1C(=O)N1CCc2ccccc21. The summed E-state index contributed by atoms with van der Waals surface area (Å²) in [4.78, 5) is 54.2. The van der Waals surface area contributed by atoms with Crippen LogP contribution in [-0.2, 0) is 20.7 Å². The third kappa shape index (κ3) is 3.81. The van der Waals surface area contributed by atoms with Gasteiger partial charge in [-0.3, -0.25) is 24.1 Å². The lowest BCUT2D eigenvalue weighted by atomic mass is 9.78. The van der Waals surface area contributed by atoms with Crippen LogP contribution in [0.25, 0.3) is 0 Å². The first-order valence-electron chi connectivity index (χ1n) is 11.6. The smallest absolute Gasteiger partial charge is 0.309 e. The summed E-state index contributed by atoms with van der Waals surface area (Å²) in [5.41, 5.74) is 2.84. The molecule has 0 aromatic heterocycles. The summed E-state index contributed by atoms with van der Waals surface area (Å²) < 4.78 is 5.50. The minimum absolute atomic E-state index is 0.00290.